The number of nitrogens with two attached hydrogens (primary N) is 2. The summed E-state index contributed by atoms with van der Waals surface area (Å²) in [5.41, 5.74) is 15.3. The van der Waals surface area contributed by atoms with Gasteiger partial charge in [-0.1, -0.05) is 23.7 Å². The standard InChI is InChI=1S/C32H35ClFN7OS/c1-18(35)4-2-5-19-12-25(29(34)26(33)13-19)28-14-21-17-41(32(42)40-30(21)39-28)23-10-8-20(9-11-23)27-7-3-6-22(38-27)15-24-16-37-31(36)43-24/h8-14,16-18,22,27,38H,2-7,15,35H2,1H3,(H2,36,37)(H,39,40,42)/t18-,22-,27-/m0/s1. The summed E-state index contributed by atoms with van der Waals surface area (Å²) in [5, 5.41) is 5.13. The molecule has 0 saturated carbocycles. The van der Waals surface area contributed by atoms with Crippen molar-refractivity contribution in [1.82, 2.24) is 24.8 Å². The predicted octanol–water partition coefficient (Wildman–Crippen LogP) is 6.31. The lowest BCUT2D eigenvalue weighted by atomic mass is 9.92. The topological polar surface area (TPSA) is 128 Å². The van der Waals surface area contributed by atoms with Gasteiger partial charge in [0.2, 0.25) is 0 Å². The summed E-state index contributed by atoms with van der Waals surface area (Å²) in [7, 11) is 0. The van der Waals surface area contributed by atoms with E-state index in [9.17, 15) is 4.79 Å². The molecule has 224 valence electrons. The number of halogens is 2. The monoisotopic (exact) mass is 619 g/mol. The number of thiazole rings is 1. The van der Waals surface area contributed by atoms with Crippen molar-refractivity contribution < 1.29 is 4.39 Å². The maximum absolute atomic E-state index is 15.1. The van der Waals surface area contributed by atoms with Crippen molar-refractivity contribution in [3.8, 4) is 16.9 Å². The van der Waals surface area contributed by atoms with Crippen LogP contribution in [0.1, 0.15) is 61.1 Å². The fourth-order valence-electron chi connectivity index (χ4n) is 5.91. The van der Waals surface area contributed by atoms with Crippen molar-refractivity contribution >= 4 is 39.1 Å². The number of benzene rings is 2. The van der Waals surface area contributed by atoms with E-state index in [4.69, 9.17) is 23.1 Å². The van der Waals surface area contributed by atoms with Crippen LogP contribution in [0.2, 0.25) is 5.02 Å². The summed E-state index contributed by atoms with van der Waals surface area (Å²) in [6.07, 6.45) is 10.3. The van der Waals surface area contributed by atoms with E-state index in [-0.39, 0.29) is 17.1 Å². The molecule has 0 unspecified atom stereocenters. The number of hydrogen-bond acceptors (Lipinski definition) is 7. The largest absolute Gasteiger partial charge is 0.375 e. The number of H-pyrrole nitrogens is 1. The van der Waals surface area contributed by atoms with Gasteiger partial charge in [-0.05, 0) is 93.3 Å². The number of aromatic amines is 1. The van der Waals surface area contributed by atoms with Gasteiger partial charge in [-0.25, -0.2) is 14.2 Å². The smallest absolute Gasteiger partial charge is 0.354 e. The van der Waals surface area contributed by atoms with E-state index in [2.05, 4.69) is 32.4 Å². The molecule has 11 heteroatoms. The molecule has 0 aliphatic carbocycles. The lowest BCUT2D eigenvalue weighted by Gasteiger charge is -2.31. The maximum Gasteiger partial charge on any atom is 0.354 e. The second-order valence-corrected chi connectivity index (χ2v) is 13.1. The molecule has 0 spiro atoms. The maximum atomic E-state index is 15.1. The summed E-state index contributed by atoms with van der Waals surface area (Å²) in [6.45, 7) is 1.97. The van der Waals surface area contributed by atoms with Gasteiger partial charge in [-0.15, -0.1) is 11.3 Å². The van der Waals surface area contributed by atoms with Crippen LogP contribution in [-0.4, -0.2) is 31.6 Å². The van der Waals surface area contributed by atoms with Crippen LogP contribution in [0.5, 0.6) is 0 Å². The Bertz CT molecular complexity index is 1800. The van der Waals surface area contributed by atoms with Crippen molar-refractivity contribution in [2.24, 2.45) is 5.73 Å². The Kier molecular flexibility index (Phi) is 8.63. The van der Waals surface area contributed by atoms with Crippen molar-refractivity contribution in [1.29, 1.82) is 0 Å². The number of hydrogen-bond donors (Lipinski definition) is 4. The van der Waals surface area contributed by atoms with Crippen LogP contribution in [0.3, 0.4) is 0 Å². The molecule has 3 atom stereocenters. The Morgan fingerprint density at radius 3 is 2.77 bits per heavy atom. The molecule has 8 nitrogen and oxygen atoms in total. The Morgan fingerprint density at radius 1 is 1.21 bits per heavy atom. The van der Waals surface area contributed by atoms with E-state index >= 15 is 4.39 Å². The zero-order chi connectivity index (χ0) is 30.1. The number of aryl methyl sites for hydroxylation is 1. The van der Waals surface area contributed by atoms with Gasteiger partial charge in [0, 0.05) is 46.3 Å². The molecule has 0 radical (unpaired) electrons. The first-order valence-corrected chi connectivity index (χ1v) is 15.9. The molecule has 0 bridgehead atoms. The highest BCUT2D eigenvalue weighted by Gasteiger charge is 2.23. The SMILES string of the molecule is C[C@H](N)CCCc1cc(Cl)c(F)c(-c2cc3cn(-c4ccc([C@@H]5CCC[C@@H](Cc6cnc(N)s6)N5)cc4)c(=O)nc3[nH]2)c1. The zero-order valence-electron chi connectivity index (χ0n) is 23.9. The molecule has 1 fully saturated rings. The van der Waals surface area contributed by atoms with Crippen LogP contribution >= 0.6 is 22.9 Å². The van der Waals surface area contributed by atoms with Crippen LogP contribution in [0.15, 0.2) is 59.7 Å². The zero-order valence-corrected chi connectivity index (χ0v) is 25.5. The predicted molar refractivity (Wildman–Crippen MR) is 172 cm³/mol. The number of nitrogens with zero attached hydrogens (tertiary/aromatic N) is 3. The van der Waals surface area contributed by atoms with E-state index in [0.717, 1.165) is 50.5 Å². The van der Waals surface area contributed by atoms with E-state index in [0.29, 0.717) is 39.2 Å². The van der Waals surface area contributed by atoms with Crippen LogP contribution in [-0.2, 0) is 12.8 Å². The Labute approximate surface area is 258 Å². The van der Waals surface area contributed by atoms with E-state index in [1.54, 1.807) is 35.7 Å². The van der Waals surface area contributed by atoms with Gasteiger partial charge in [0.25, 0.3) is 0 Å². The molecule has 5 aromatic rings. The van der Waals surface area contributed by atoms with Gasteiger partial charge in [-0.3, -0.25) is 4.57 Å². The van der Waals surface area contributed by atoms with Crippen molar-refractivity contribution in [3.63, 3.8) is 0 Å². The molecular formula is C32H35ClFN7OS. The minimum atomic E-state index is -0.510. The number of aromatic nitrogens is 4. The highest BCUT2D eigenvalue weighted by molar-refractivity contribution is 7.15. The molecule has 1 aliphatic rings. The fraction of sp³-hybridized carbons (Fsp3) is 0.344. The van der Waals surface area contributed by atoms with Crippen molar-refractivity contribution in [3.05, 3.63) is 92.2 Å². The number of nitrogen functional groups attached to an aromatic ring is 1. The summed E-state index contributed by atoms with van der Waals surface area (Å²) < 4.78 is 16.6. The molecule has 6 N–H and O–H groups in total. The molecule has 43 heavy (non-hydrogen) atoms. The first-order valence-electron chi connectivity index (χ1n) is 14.7. The Balaban J connectivity index is 1.21. The summed E-state index contributed by atoms with van der Waals surface area (Å²) in [5.74, 6) is -0.510. The highest BCUT2D eigenvalue weighted by Crippen LogP contribution is 2.32. The molecule has 2 aromatic carbocycles. The van der Waals surface area contributed by atoms with Crippen LogP contribution in [0, 0.1) is 5.82 Å². The first-order chi connectivity index (χ1) is 20.7. The second-order valence-electron chi connectivity index (χ2n) is 11.5. The van der Waals surface area contributed by atoms with E-state index in [1.807, 2.05) is 25.3 Å². The summed E-state index contributed by atoms with van der Waals surface area (Å²) >= 11 is 7.80. The third-order valence-corrected chi connectivity index (χ3v) is 9.21. The van der Waals surface area contributed by atoms with Crippen LogP contribution in [0.25, 0.3) is 28.0 Å². The number of rotatable bonds is 9. The Morgan fingerprint density at radius 2 is 2.02 bits per heavy atom. The summed E-state index contributed by atoms with van der Waals surface area (Å²) in [6, 6.07) is 14.0. The van der Waals surface area contributed by atoms with Crippen molar-refractivity contribution in [2.45, 2.75) is 70.0 Å². The van der Waals surface area contributed by atoms with E-state index < -0.39 is 11.5 Å². The highest BCUT2D eigenvalue weighted by atomic mass is 35.5. The van der Waals surface area contributed by atoms with Gasteiger partial charge < -0.3 is 21.8 Å². The summed E-state index contributed by atoms with van der Waals surface area (Å²) in [4.78, 5) is 25.8. The lowest BCUT2D eigenvalue weighted by molar-refractivity contribution is 0.324. The minimum absolute atomic E-state index is 0.0617. The molecule has 1 aliphatic heterocycles. The molecule has 0 amide bonds. The van der Waals surface area contributed by atoms with Gasteiger partial charge in [0.05, 0.1) is 16.4 Å². The third kappa shape index (κ3) is 6.67. The van der Waals surface area contributed by atoms with Crippen molar-refractivity contribution in [2.75, 3.05) is 5.73 Å². The number of piperidine rings is 1. The van der Waals surface area contributed by atoms with Gasteiger partial charge in [-0.2, -0.15) is 4.98 Å². The van der Waals surface area contributed by atoms with Crippen LogP contribution in [0.4, 0.5) is 9.52 Å². The minimum Gasteiger partial charge on any atom is -0.375 e. The molecule has 1 saturated heterocycles. The Hall–Kier alpha value is -3.57. The average Bonchev–Trinajstić information content (AvgIpc) is 3.59. The molecular weight excluding hydrogens is 585 g/mol. The quantitative estimate of drug-likeness (QED) is 0.153. The van der Waals surface area contributed by atoms with E-state index in [1.165, 1.54) is 15.0 Å². The molecule has 6 rings (SSSR count). The molecule has 4 heterocycles. The number of nitrogens with one attached hydrogen (secondary N) is 2. The second kappa shape index (κ2) is 12.6. The average molecular weight is 620 g/mol. The van der Waals surface area contributed by atoms with Gasteiger partial charge >= 0.3 is 5.69 Å². The number of anilines is 1. The third-order valence-electron chi connectivity index (χ3n) is 8.09. The number of fused-ring (bicyclic) bond motifs is 1. The molecule has 3 aromatic heterocycles. The van der Waals surface area contributed by atoms with Crippen LogP contribution < -0.4 is 22.5 Å². The van der Waals surface area contributed by atoms with Gasteiger partial charge in [0.15, 0.2) is 10.9 Å². The van der Waals surface area contributed by atoms with Gasteiger partial charge in [0.1, 0.15) is 5.65 Å². The lowest BCUT2D eigenvalue weighted by Crippen LogP contribution is -2.38. The normalized spacial score (nSPS) is 17.9. The first kappa shape index (κ1) is 29.5. The fourth-order valence-corrected chi connectivity index (χ4v) is 6.91.